The smallest absolute Gasteiger partial charge is 0.187 e. The molecular formula is C12H18Cl2OSi. The maximum absolute atomic E-state index is 5.99. The largest absolute Gasteiger partial charge is 0.413 e. The van der Waals surface area contributed by atoms with Crippen molar-refractivity contribution in [1.82, 2.24) is 0 Å². The molecule has 0 heterocycles. The van der Waals surface area contributed by atoms with E-state index < -0.39 is 8.32 Å². The Bertz CT molecular complexity index is 311. The van der Waals surface area contributed by atoms with Crippen LogP contribution in [0.25, 0.3) is 0 Å². The number of halogens is 2. The first kappa shape index (κ1) is 14.0. The Balaban J connectivity index is 2.41. The van der Waals surface area contributed by atoms with Crippen LogP contribution in [0.1, 0.15) is 12.0 Å². The number of rotatable bonds is 6. The Labute approximate surface area is 109 Å². The molecule has 16 heavy (non-hydrogen) atoms. The van der Waals surface area contributed by atoms with Gasteiger partial charge in [-0.05, 0) is 43.3 Å². The summed E-state index contributed by atoms with van der Waals surface area (Å²) in [5, 5.41) is 0.766. The Morgan fingerprint density at radius 1 is 1.19 bits per heavy atom. The third-order valence-electron chi connectivity index (χ3n) is 2.46. The quantitative estimate of drug-likeness (QED) is 0.541. The molecule has 90 valence electrons. The maximum atomic E-state index is 5.99. The van der Waals surface area contributed by atoms with Gasteiger partial charge in [0.2, 0.25) is 0 Å². The molecule has 0 bridgehead atoms. The summed E-state index contributed by atoms with van der Waals surface area (Å²) in [6.07, 6.45) is 1.04. The van der Waals surface area contributed by atoms with Crippen LogP contribution in [0.3, 0.4) is 0 Å². The van der Waals surface area contributed by atoms with Gasteiger partial charge in [0.25, 0.3) is 0 Å². The van der Waals surface area contributed by atoms with Crippen molar-refractivity contribution >= 4 is 31.5 Å². The summed E-state index contributed by atoms with van der Waals surface area (Å²) >= 11 is 11.5. The molecule has 1 aromatic rings. The Morgan fingerprint density at radius 2 is 1.81 bits per heavy atom. The van der Waals surface area contributed by atoms with Crippen LogP contribution in [0.2, 0.25) is 24.2 Å². The van der Waals surface area contributed by atoms with E-state index in [1.165, 1.54) is 5.56 Å². The standard InChI is InChI=1S/C12H18Cl2OSi/c1-16(2,9-3-8-13)15-10-11-4-6-12(14)7-5-11/h4-7H,3,8-10H2,1-2H3. The SMILES string of the molecule is C[Si](C)(CCCCl)OCc1ccc(Cl)cc1. The highest BCUT2D eigenvalue weighted by molar-refractivity contribution is 6.71. The predicted octanol–water partition coefficient (Wildman–Crippen LogP) is 4.69. The Hall–Kier alpha value is -0.0231. The Kier molecular flexibility index (Phi) is 5.83. The zero-order chi connectivity index (χ0) is 12.0. The lowest BCUT2D eigenvalue weighted by molar-refractivity contribution is 0.294. The van der Waals surface area contributed by atoms with E-state index in [0.717, 1.165) is 23.4 Å². The van der Waals surface area contributed by atoms with E-state index >= 15 is 0 Å². The van der Waals surface area contributed by atoms with Gasteiger partial charge in [-0.15, -0.1) is 11.6 Å². The van der Waals surface area contributed by atoms with Crippen LogP contribution >= 0.6 is 23.2 Å². The second kappa shape index (κ2) is 6.65. The number of alkyl halides is 1. The second-order valence-corrected chi connectivity index (χ2v) is 9.59. The van der Waals surface area contributed by atoms with Gasteiger partial charge in [0.1, 0.15) is 0 Å². The first-order chi connectivity index (χ1) is 7.53. The minimum Gasteiger partial charge on any atom is -0.413 e. The molecule has 1 aromatic carbocycles. The summed E-state index contributed by atoms with van der Waals surface area (Å²) in [5.41, 5.74) is 1.18. The maximum Gasteiger partial charge on any atom is 0.187 e. The van der Waals surface area contributed by atoms with Crippen molar-refractivity contribution < 1.29 is 4.43 Å². The molecule has 0 atom stereocenters. The van der Waals surface area contributed by atoms with Gasteiger partial charge in [-0.3, -0.25) is 0 Å². The van der Waals surface area contributed by atoms with Crippen molar-refractivity contribution in [3.63, 3.8) is 0 Å². The number of benzene rings is 1. The molecule has 0 saturated carbocycles. The average molecular weight is 277 g/mol. The van der Waals surface area contributed by atoms with Crippen LogP contribution in [-0.4, -0.2) is 14.2 Å². The van der Waals surface area contributed by atoms with Crippen molar-refractivity contribution in [2.75, 3.05) is 5.88 Å². The molecule has 0 aliphatic heterocycles. The van der Waals surface area contributed by atoms with E-state index in [0.29, 0.717) is 6.61 Å². The van der Waals surface area contributed by atoms with Crippen LogP contribution in [-0.2, 0) is 11.0 Å². The van der Waals surface area contributed by atoms with E-state index in [1.807, 2.05) is 24.3 Å². The van der Waals surface area contributed by atoms with E-state index in [2.05, 4.69) is 13.1 Å². The summed E-state index contributed by atoms with van der Waals surface area (Å²) in [5.74, 6) is 0.723. The lowest BCUT2D eigenvalue weighted by atomic mass is 10.2. The van der Waals surface area contributed by atoms with Crippen LogP contribution in [0, 0.1) is 0 Å². The minimum atomic E-state index is -1.54. The molecule has 1 rings (SSSR count). The third-order valence-corrected chi connectivity index (χ3v) is 5.46. The molecule has 0 radical (unpaired) electrons. The van der Waals surface area contributed by atoms with E-state index in [1.54, 1.807) is 0 Å². The summed E-state index contributed by atoms with van der Waals surface area (Å²) < 4.78 is 5.99. The van der Waals surface area contributed by atoms with Crippen molar-refractivity contribution in [2.24, 2.45) is 0 Å². The third kappa shape index (κ3) is 5.35. The predicted molar refractivity (Wildman–Crippen MR) is 73.9 cm³/mol. The molecule has 0 unspecified atom stereocenters. The van der Waals surface area contributed by atoms with Gasteiger partial charge in [0, 0.05) is 10.9 Å². The minimum absolute atomic E-state index is 0.679. The van der Waals surface area contributed by atoms with Crippen LogP contribution in [0.5, 0.6) is 0 Å². The van der Waals surface area contributed by atoms with E-state index in [-0.39, 0.29) is 0 Å². The molecule has 0 amide bonds. The normalized spacial score (nSPS) is 11.8. The van der Waals surface area contributed by atoms with Crippen LogP contribution < -0.4 is 0 Å². The fourth-order valence-electron chi connectivity index (χ4n) is 1.42. The Morgan fingerprint density at radius 3 is 2.38 bits per heavy atom. The van der Waals surface area contributed by atoms with Gasteiger partial charge < -0.3 is 4.43 Å². The van der Waals surface area contributed by atoms with Gasteiger partial charge in [-0.1, -0.05) is 23.7 Å². The van der Waals surface area contributed by atoms with Crippen LogP contribution in [0.4, 0.5) is 0 Å². The van der Waals surface area contributed by atoms with Crippen molar-refractivity contribution in [3.8, 4) is 0 Å². The summed E-state index contributed by atoms with van der Waals surface area (Å²) in [4.78, 5) is 0. The van der Waals surface area contributed by atoms with Gasteiger partial charge >= 0.3 is 0 Å². The van der Waals surface area contributed by atoms with Gasteiger partial charge in [-0.25, -0.2) is 0 Å². The molecule has 0 N–H and O–H groups in total. The molecule has 0 saturated heterocycles. The lowest BCUT2D eigenvalue weighted by Crippen LogP contribution is -2.29. The number of hydrogen-bond donors (Lipinski definition) is 0. The molecule has 0 aliphatic rings. The fourth-order valence-corrected chi connectivity index (χ4v) is 3.64. The monoisotopic (exact) mass is 276 g/mol. The average Bonchev–Trinajstić information content (AvgIpc) is 2.26. The molecular weight excluding hydrogens is 259 g/mol. The molecule has 1 nitrogen and oxygen atoms in total. The zero-order valence-corrected chi connectivity index (χ0v) is 12.3. The van der Waals surface area contributed by atoms with Crippen molar-refractivity contribution in [2.45, 2.75) is 32.2 Å². The van der Waals surface area contributed by atoms with Gasteiger partial charge in [-0.2, -0.15) is 0 Å². The van der Waals surface area contributed by atoms with Gasteiger partial charge in [0.15, 0.2) is 8.32 Å². The summed E-state index contributed by atoms with van der Waals surface area (Å²) in [6.45, 7) is 5.14. The highest BCUT2D eigenvalue weighted by Crippen LogP contribution is 2.17. The van der Waals surface area contributed by atoms with Crippen molar-refractivity contribution in [1.29, 1.82) is 0 Å². The molecule has 0 spiro atoms. The molecule has 0 fully saturated rings. The summed E-state index contributed by atoms with van der Waals surface area (Å²) in [6, 6.07) is 8.92. The molecule has 0 aromatic heterocycles. The van der Waals surface area contributed by atoms with Gasteiger partial charge in [0.05, 0.1) is 6.61 Å². The number of hydrogen-bond acceptors (Lipinski definition) is 1. The highest BCUT2D eigenvalue weighted by Gasteiger charge is 2.21. The first-order valence-corrected chi connectivity index (χ1v) is 9.51. The van der Waals surface area contributed by atoms with E-state index in [4.69, 9.17) is 27.6 Å². The summed E-state index contributed by atoms with van der Waals surface area (Å²) in [7, 11) is -1.54. The van der Waals surface area contributed by atoms with Crippen molar-refractivity contribution in [3.05, 3.63) is 34.9 Å². The topological polar surface area (TPSA) is 9.23 Å². The van der Waals surface area contributed by atoms with Crippen LogP contribution in [0.15, 0.2) is 24.3 Å². The highest BCUT2D eigenvalue weighted by atomic mass is 35.5. The zero-order valence-electron chi connectivity index (χ0n) is 9.80. The second-order valence-electron chi connectivity index (χ2n) is 4.47. The lowest BCUT2D eigenvalue weighted by Gasteiger charge is -2.22. The molecule has 0 aliphatic carbocycles. The first-order valence-electron chi connectivity index (χ1n) is 5.48. The molecule has 4 heteroatoms. The van der Waals surface area contributed by atoms with E-state index in [9.17, 15) is 0 Å². The fraction of sp³-hybridized carbons (Fsp3) is 0.500.